The summed E-state index contributed by atoms with van der Waals surface area (Å²) in [7, 11) is 0. The van der Waals surface area contributed by atoms with Gasteiger partial charge in [0, 0.05) is 27.8 Å². The first-order chi connectivity index (χ1) is 19.3. The molecule has 2 heteroatoms. The molecule has 1 aliphatic carbocycles. The lowest BCUT2D eigenvalue weighted by molar-refractivity contribution is 0.460. The summed E-state index contributed by atoms with van der Waals surface area (Å²) in [6.45, 7) is 2.37. The summed E-state index contributed by atoms with van der Waals surface area (Å²) in [6.07, 6.45) is 7.13. The van der Waals surface area contributed by atoms with Crippen LogP contribution in [0.3, 0.4) is 0 Å². The third-order valence-electron chi connectivity index (χ3n) is 8.22. The van der Waals surface area contributed by atoms with Crippen LogP contribution in [0.25, 0.3) is 38.6 Å². The van der Waals surface area contributed by atoms with Crippen molar-refractivity contribution in [2.24, 2.45) is 5.92 Å². The highest BCUT2D eigenvalue weighted by Crippen LogP contribution is 2.36. The van der Waals surface area contributed by atoms with Gasteiger partial charge in [-0.1, -0.05) is 97.9 Å². The van der Waals surface area contributed by atoms with E-state index >= 15 is 0 Å². The maximum Gasteiger partial charge on any atom is 0.0547 e. The van der Waals surface area contributed by atoms with Crippen LogP contribution in [-0.2, 0) is 0 Å². The highest BCUT2D eigenvalue weighted by molar-refractivity contribution is 6.09. The number of hydrogen-bond acceptors (Lipinski definition) is 1. The molecule has 0 spiro atoms. The number of fused-ring (bicyclic) bond motifs is 3. The Hall–Kier alpha value is -4.56. The van der Waals surface area contributed by atoms with Gasteiger partial charge in [-0.25, -0.2) is 0 Å². The fourth-order valence-corrected chi connectivity index (χ4v) is 6.20. The molecular formula is C37H32N2. The summed E-state index contributed by atoms with van der Waals surface area (Å²) in [5.74, 6) is 0.600. The maximum absolute atomic E-state index is 2.50. The molecule has 1 aliphatic rings. The molecule has 0 saturated carbocycles. The summed E-state index contributed by atoms with van der Waals surface area (Å²) in [5.41, 5.74) is 8.59. The van der Waals surface area contributed by atoms with E-state index in [4.69, 9.17) is 0 Å². The van der Waals surface area contributed by atoms with Crippen LogP contribution >= 0.6 is 0 Å². The highest BCUT2D eigenvalue weighted by atomic mass is 15.2. The second kappa shape index (κ2) is 9.96. The Morgan fingerprint density at radius 1 is 0.590 bits per heavy atom. The van der Waals surface area contributed by atoms with E-state index < -0.39 is 0 Å². The van der Waals surface area contributed by atoms with Crippen LogP contribution in [0.15, 0.2) is 140 Å². The monoisotopic (exact) mass is 504 g/mol. The minimum Gasteiger partial charge on any atom is -0.334 e. The first kappa shape index (κ1) is 23.5. The van der Waals surface area contributed by atoms with Gasteiger partial charge >= 0.3 is 0 Å². The topological polar surface area (TPSA) is 8.17 Å². The van der Waals surface area contributed by atoms with Gasteiger partial charge in [0.15, 0.2) is 0 Å². The van der Waals surface area contributed by atoms with Gasteiger partial charge in [0.05, 0.1) is 17.1 Å². The lowest BCUT2D eigenvalue weighted by Gasteiger charge is -2.37. The van der Waals surface area contributed by atoms with E-state index in [1.807, 2.05) is 0 Å². The molecule has 190 valence electrons. The number of hydrogen-bond donors (Lipinski definition) is 0. The summed E-state index contributed by atoms with van der Waals surface area (Å²) < 4.78 is 2.37. The molecular weight excluding hydrogens is 472 g/mol. The van der Waals surface area contributed by atoms with E-state index in [2.05, 4.69) is 156 Å². The zero-order valence-corrected chi connectivity index (χ0v) is 22.2. The van der Waals surface area contributed by atoms with Crippen LogP contribution in [0.1, 0.15) is 19.8 Å². The first-order valence-electron chi connectivity index (χ1n) is 14.0. The molecule has 2 atom stereocenters. The fourth-order valence-electron chi connectivity index (χ4n) is 6.20. The van der Waals surface area contributed by atoms with Crippen molar-refractivity contribution in [3.05, 3.63) is 140 Å². The molecule has 6 aromatic rings. The number of nitrogens with zero attached hydrogens (tertiary/aromatic N) is 2. The van der Waals surface area contributed by atoms with Crippen LogP contribution in [0, 0.1) is 5.92 Å². The number of aromatic nitrogens is 1. The first-order valence-corrected chi connectivity index (χ1v) is 14.0. The van der Waals surface area contributed by atoms with Crippen LogP contribution in [-0.4, -0.2) is 10.6 Å². The van der Waals surface area contributed by atoms with E-state index in [1.54, 1.807) is 0 Å². The lowest BCUT2D eigenvalue weighted by Crippen LogP contribution is -2.36. The molecule has 0 saturated heterocycles. The predicted molar refractivity (Wildman–Crippen MR) is 166 cm³/mol. The van der Waals surface area contributed by atoms with Crippen molar-refractivity contribution in [2.75, 3.05) is 4.90 Å². The van der Waals surface area contributed by atoms with Gasteiger partial charge in [-0.2, -0.15) is 0 Å². The third-order valence-corrected chi connectivity index (χ3v) is 8.22. The van der Waals surface area contributed by atoms with E-state index in [0.717, 1.165) is 0 Å². The molecule has 2 unspecified atom stereocenters. The van der Waals surface area contributed by atoms with Gasteiger partial charge < -0.3 is 9.47 Å². The minimum absolute atomic E-state index is 0.359. The van der Waals surface area contributed by atoms with Crippen LogP contribution < -0.4 is 4.90 Å². The molecule has 0 amide bonds. The zero-order valence-electron chi connectivity index (χ0n) is 22.2. The number of rotatable bonds is 5. The van der Waals surface area contributed by atoms with Crippen molar-refractivity contribution in [3.8, 4) is 16.8 Å². The van der Waals surface area contributed by atoms with Crippen LogP contribution in [0.4, 0.5) is 11.4 Å². The molecule has 2 nitrogen and oxygen atoms in total. The van der Waals surface area contributed by atoms with E-state index in [1.165, 1.54) is 62.8 Å². The van der Waals surface area contributed by atoms with Gasteiger partial charge in [-0.05, 0) is 78.4 Å². The normalized spacial score (nSPS) is 17.1. The third kappa shape index (κ3) is 4.23. The Bertz CT molecular complexity index is 1710. The molecule has 0 radical (unpaired) electrons. The largest absolute Gasteiger partial charge is 0.334 e. The zero-order chi connectivity index (χ0) is 26.2. The van der Waals surface area contributed by atoms with Crippen LogP contribution in [0.2, 0.25) is 0 Å². The van der Waals surface area contributed by atoms with Crippen molar-refractivity contribution in [2.45, 2.75) is 25.8 Å². The summed E-state index contributed by atoms with van der Waals surface area (Å²) >= 11 is 0. The molecule has 0 bridgehead atoms. The number of allylic oxidation sites excluding steroid dienone is 1. The molecule has 0 aliphatic heterocycles. The number of benzene rings is 5. The van der Waals surface area contributed by atoms with Gasteiger partial charge in [-0.3, -0.25) is 0 Å². The van der Waals surface area contributed by atoms with Crippen molar-refractivity contribution in [3.63, 3.8) is 0 Å². The maximum atomic E-state index is 2.50. The van der Waals surface area contributed by atoms with E-state index in [9.17, 15) is 0 Å². The Balaban J connectivity index is 1.23. The van der Waals surface area contributed by atoms with Crippen molar-refractivity contribution in [1.82, 2.24) is 4.57 Å². The molecule has 7 rings (SSSR count). The summed E-state index contributed by atoms with van der Waals surface area (Å²) in [4.78, 5) is 2.50. The molecule has 1 heterocycles. The highest BCUT2D eigenvalue weighted by Gasteiger charge is 2.25. The quantitative estimate of drug-likeness (QED) is 0.212. The van der Waals surface area contributed by atoms with Crippen molar-refractivity contribution >= 4 is 33.2 Å². The Morgan fingerprint density at radius 2 is 1.13 bits per heavy atom. The fraction of sp³-hybridized carbons (Fsp3) is 0.135. The van der Waals surface area contributed by atoms with Crippen molar-refractivity contribution in [1.29, 1.82) is 0 Å². The smallest absolute Gasteiger partial charge is 0.0547 e. The van der Waals surface area contributed by atoms with Gasteiger partial charge in [-0.15, -0.1) is 0 Å². The van der Waals surface area contributed by atoms with Gasteiger partial charge in [0.1, 0.15) is 0 Å². The Morgan fingerprint density at radius 3 is 1.74 bits per heavy atom. The summed E-state index contributed by atoms with van der Waals surface area (Å²) in [5, 5.41) is 2.58. The molecule has 0 N–H and O–H groups in total. The summed E-state index contributed by atoms with van der Waals surface area (Å²) in [6, 6.07) is 46.5. The standard InChI is InChI=1S/C37H32N2/c1-27-11-5-8-16-35(27)38(30-12-3-2-4-13-30)31-23-19-28(20-24-31)29-21-25-32(26-22-29)39-36-17-9-6-14-33(36)34-15-7-10-18-37(34)39/h2-4,6-10,12-27,35H,5,11H2,1H3. The number of anilines is 2. The van der Waals surface area contributed by atoms with Gasteiger partial charge in [0.2, 0.25) is 0 Å². The molecule has 5 aromatic carbocycles. The Labute approximate surface area is 230 Å². The van der Waals surface area contributed by atoms with Crippen LogP contribution in [0.5, 0.6) is 0 Å². The van der Waals surface area contributed by atoms with Crippen molar-refractivity contribution < 1.29 is 0 Å². The average molecular weight is 505 g/mol. The lowest BCUT2D eigenvalue weighted by atomic mass is 9.89. The van der Waals surface area contributed by atoms with Gasteiger partial charge in [0.25, 0.3) is 0 Å². The van der Waals surface area contributed by atoms with E-state index in [0.29, 0.717) is 12.0 Å². The predicted octanol–water partition coefficient (Wildman–Crippen LogP) is 9.94. The van der Waals surface area contributed by atoms with E-state index in [-0.39, 0.29) is 0 Å². The SMILES string of the molecule is CC1CCC=CC1N(c1ccccc1)c1ccc(-c2ccc(-n3c4ccccc4c4ccccc43)cc2)cc1. The second-order valence-electron chi connectivity index (χ2n) is 10.6. The molecule has 0 fully saturated rings. The Kier molecular flexibility index (Phi) is 6.01. The second-order valence-corrected chi connectivity index (χ2v) is 10.6. The minimum atomic E-state index is 0.359. The molecule has 39 heavy (non-hydrogen) atoms. The molecule has 1 aromatic heterocycles. The average Bonchev–Trinajstić information content (AvgIpc) is 3.34. The number of para-hydroxylation sites is 3.